The van der Waals surface area contributed by atoms with Crippen molar-refractivity contribution in [3.8, 4) is 5.75 Å². The second kappa shape index (κ2) is 12.4. The van der Waals surface area contributed by atoms with Gasteiger partial charge in [-0.05, 0) is 79.9 Å². The summed E-state index contributed by atoms with van der Waals surface area (Å²) in [7, 11) is 0. The Morgan fingerprint density at radius 1 is 1.00 bits per heavy atom. The Bertz CT molecular complexity index is 1410. The van der Waals surface area contributed by atoms with Crippen molar-refractivity contribution in [3.63, 3.8) is 0 Å². The Hall–Kier alpha value is -4.11. The molecule has 9 heteroatoms. The number of rotatable bonds is 8. The lowest BCUT2D eigenvalue weighted by Gasteiger charge is -2.40. The summed E-state index contributed by atoms with van der Waals surface area (Å²) >= 11 is 0. The van der Waals surface area contributed by atoms with Crippen molar-refractivity contribution in [2.45, 2.75) is 32.9 Å². The fourth-order valence-electron chi connectivity index (χ4n) is 4.72. The van der Waals surface area contributed by atoms with Crippen molar-refractivity contribution < 1.29 is 27.5 Å². The molecule has 1 aliphatic heterocycles. The van der Waals surface area contributed by atoms with E-state index >= 15 is 0 Å². The van der Waals surface area contributed by atoms with E-state index in [1.807, 2.05) is 13.0 Å². The minimum absolute atomic E-state index is 0.0225. The third-order valence-corrected chi connectivity index (χ3v) is 7.07. The van der Waals surface area contributed by atoms with Crippen molar-refractivity contribution in [3.05, 3.63) is 107 Å². The number of carbonyl (C=O) groups excluding carboxylic acids is 2. The molecule has 0 aromatic heterocycles. The summed E-state index contributed by atoms with van der Waals surface area (Å²) in [6.45, 7) is 11.1. The van der Waals surface area contributed by atoms with Crippen LogP contribution in [0.2, 0.25) is 0 Å². The van der Waals surface area contributed by atoms with Gasteiger partial charge < -0.3 is 15.0 Å². The molecule has 1 N–H and O–H groups in total. The van der Waals surface area contributed by atoms with E-state index in [9.17, 15) is 22.8 Å². The average Bonchev–Trinajstić information content (AvgIpc) is 2.93. The number of halogens is 3. The molecule has 0 unspecified atom stereocenters. The van der Waals surface area contributed by atoms with Gasteiger partial charge in [0.25, 0.3) is 5.91 Å². The second-order valence-corrected chi connectivity index (χ2v) is 10.0. The first kappa shape index (κ1) is 28.9. The second-order valence-electron chi connectivity index (χ2n) is 10.0. The summed E-state index contributed by atoms with van der Waals surface area (Å²) in [6, 6.07) is 13.3. The minimum atomic E-state index is -1.05. The SMILES string of the molecule is C=CC(=O)N1CCN(C[C@H](Oc2ccc(C(=O)Nc3cc(F)c(F)cc3C)cc2)c2ccc(C)c(F)c2)C[C@H]1C. The number of carbonyl (C=O) groups is 2. The van der Waals surface area contributed by atoms with Crippen molar-refractivity contribution in [2.24, 2.45) is 0 Å². The molecule has 210 valence electrons. The highest BCUT2D eigenvalue weighted by Crippen LogP contribution is 2.27. The Labute approximate surface area is 232 Å². The van der Waals surface area contributed by atoms with Crippen molar-refractivity contribution in [1.29, 1.82) is 0 Å². The zero-order valence-electron chi connectivity index (χ0n) is 22.7. The number of hydrogen-bond acceptors (Lipinski definition) is 4. The van der Waals surface area contributed by atoms with Crippen LogP contribution in [0.4, 0.5) is 18.9 Å². The summed E-state index contributed by atoms with van der Waals surface area (Å²) in [4.78, 5) is 28.8. The van der Waals surface area contributed by atoms with E-state index in [1.165, 1.54) is 12.1 Å². The molecule has 4 rings (SSSR count). The number of ether oxygens (including phenoxy) is 1. The molecule has 3 aromatic carbocycles. The monoisotopic (exact) mass is 551 g/mol. The van der Waals surface area contributed by atoms with E-state index in [0.29, 0.717) is 54.2 Å². The fourth-order valence-corrected chi connectivity index (χ4v) is 4.72. The van der Waals surface area contributed by atoms with E-state index < -0.39 is 23.6 Å². The highest BCUT2D eigenvalue weighted by Gasteiger charge is 2.28. The predicted molar refractivity (Wildman–Crippen MR) is 148 cm³/mol. The summed E-state index contributed by atoms with van der Waals surface area (Å²) in [5.74, 6) is -2.49. The minimum Gasteiger partial charge on any atom is -0.484 e. The van der Waals surface area contributed by atoms with Gasteiger partial charge in [0.15, 0.2) is 11.6 Å². The van der Waals surface area contributed by atoms with Gasteiger partial charge in [0, 0.05) is 49.5 Å². The molecule has 0 radical (unpaired) electrons. The highest BCUT2D eigenvalue weighted by atomic mass is 19.2. The van der Waals surface area contributed by atoms with Gasteiger partial charge >= 0.3 is 0 Å². The lowest BCUT2D eigenvalue weighted by atomic mass is 10.0. The molecule has 2 amide bonds. The van der Waals surface area contributed by atoms with Gasteiger partial charge in [0.2, 0.25) is 5.91 Å². The van der Waals surface area contributed by atoms with Crippen LogP contribution in [-0.4, -0.2) is 53.8 Å². The van der Waals surface area contributed by atoms with Crippen LogP contribution in [0.15, 0.2) is 67.3 Å². The van der Waals surface area contributed by atoms with Crippen LogP contribution in [0.3, 0.4) is 0 Å². The number of nitrogens with zero attached hydrogens (tertiary/aromatic N) is 2. The largest absolute Gasteiger partial charge is 0.484 e. The van der Waals surface area contributed by atoms with E-state index in [2.05, 4.69) is 16.8 Å². The highest BCUT2D eigenvalue weighted by molar-refractivity contribution is 6.04. The number of hydrogen-bond donors (Lipinski definition) is 1. The van der Waals surface area contributed by atoms with Crippen LogP contribution < -0.4 is 10.1 Å². The topological polar surface area (TPSA) is 61.9 Å². The third kappa shape index (κ3) is 6.71. The fraction of sp³-hybridized carbons (Fsp3) is 0.290. The number of amides is 2. The summed E-state index contributed by atoms with van der Waals surface area (Å²) in [6.07, 6.45) is 0.796. The van der Waals surface area contributed by atoms with E-state index in [4.69, 9.17) is 4.74 Å². The van der Waals surface area contributed by atoms with Crippen LogP contribution >= 0.6 is 0 Å². The first-order chi connectivity index (χ1) is 19.0. The molecule has 1 aliphatic rings. The zero-order valence-corrected chi connectivity index (χ0v) is 22.7. The van der Waals surface area contributed by atoms with Crippen LogP contribution in [0.5, 0.6) is 5.75 Å². The van der Waals surface area contributed by atoms with E-state index in [-0.39, 0.29) is 23.5 Å². The number of nitrogens with one attached hydrogen (secondary N) is 1. The van der Waals surface area contributed by atoms with Crippen LogP contribution in [-0.2, 0) is 4.79 Å². The Kier molecular flexibility index (Phi) is 8.94. The number of benzene rings is 3. The van der Waals surface area contributed by atoms with Crippen LogP contribution in [0.25, 0.3) is 0 Å². The molecule has 0 aliphatic carbocycles. The standard InChI is InChI=1S/C31H32F3N3O3/c1-5-30(38)37-13-12-36(17-21(37)4)18-29(23-7-6-19(2)25(32)15-23)40-24-10-8-22(9-11-24)31(39)35-28-16-27(34)26(33)14-20(28)3/h5-11,14-16,21,29H,1,12-13,17-18H2,2-4H3,(H,35,39)/t21-,29+/m1/s1. The van der Waals surface area contributed by atoms with Gasteiger partial charge in [-0.15, -0.1) is 0 Å². The Morgan fingerprint density at radius 3 is 2.35 bits per heavy atom. The molecular weight excluding hydrogens is 519 g/mol. The number of piperazine rings is 1. The summed E-state index contributed by atoms with van der Waals surface area (Å²) in [5.41, 5.74) is 2.06. The average molecular weight is 552 g/mol. The smallest absolute Gasteiger partial charge is 0.255 e. The molecule has 1 fully saturated rings. The number of aryl methyl sites for hydroxylation is 2. The molecule has 1 heterocycles. The van der Waals surface area contributed by atoms with Crippen LogP contribution in [0.1, 0.15) is 40.1 Å². The van der Waals surface area contributed by atoms with Gasteiger partial charge in [0.05, 0.1) is 0 Å². The summed E-state index contributed by atoms with van der Waals surface area (Å²) < 4.78 is 47.8. The van der Waals surface area contributed by atoms with Crippen molar-refractivity contribution >= 4 is 17.5 Å². The van der Waals surface area contributed by atoms with Gasteiger partial charge in [-0.2, -0.15) is 0 Å². The van der Waals surface area contributed by atoms with E-state index in [1.54, 1.807) is 49.1 Å². The Morgan fingerprint density at radius 2 is 1.70 bits per heavy atom. The maximum absolute atomic E-state index is 14.5. The van der Waals surface area contributed by atoms with Gasteiger partial charge in [-0.1, -0.05) is 18.7 Å². The Balaban J connectivity index is 1.49. The summed E-state index contributed by atoms with van der Waals surface area (Å²) in [5, 5.41) is 2.60. The first-order valence-electron chi connectivity index (χ1n) is 13.0. The molecule has 0 spiro atoms. The molecule has 6 nitrogen and oxygen atoms in total. The normalized spacial score (nSPS) is 16.4. The van der Waals surface area contributed by atoms with Gasteiger partial charge in [-0.3, -0.25) is 14.5 Å². The molecular formula is C31H32F3N3O3. The first-order valence-corrected chi connectivity index (χ1v) is 13.0. The van der Waals surface area contributed by atoms with Gasteiger partial charge in [0.1, 0.15) is 17.7 Å². The maximum atomic E-state index is 14.5. The molecule has 0 bridgehead atoms. The molecule has 2 atom stereocenters. The maximum Gasteiger partial charge on any atom is 0.255 e. The molecule has 3 aromatic rings. The lowest BCUT2D eigenvalue weighted by Crippen LogP contribution is -2.54. The molecule has 1 saturated heterocycles. The number of anilines is 1. The van der Waals surface area contributed by atoms with Crippen molar-refractivity contribution in [2.75, 3.05) is 31.5 Å². The zero-order chi connectivity index (χ0) is 29.0. The molecule has 40 heavy (non-hydrogen) atoms. The van der Waals surface area contributed by atoms with Crippen molar-refractivity contribution in [1.82, 2.24) is 9.80 Å². The quantitative estimate of drug-likeness (QED) is 0.359. The van der Waals surface area contributed by atoms with Gasteiger partial charge in [-0.25, -0.2) is 13.2 Å². The van der Waals surface area contributed by atoms with E-state index in [0.717, 1.165) is 12.1 Å². The third-order valence-electron chi connectivity index (χ3n) is 7.07. The predicted octanol–water partition coefficient (Wildman–Crippen LogP) is 5.81. The van der Waals surface area contributed by atoms with Crippen LogP contribution in [0, 0.1) is 31.3 Å². The molecule has 0 saturated carbocycles. The lowest BCUT2D eigenvalue weighted by molar-refractivity contribution is -0.130.